The van der Waals surface area contributed by atoms with Crippen molar-refractivity contribution in [1.29, 1.82) is 0 Å². The van der Waals surface area contributed by atoms with Crippen LogP contribution in [0.3, 0.4) is 0 Å². The summed E-state index contributed by atoms with van der Waals surface area (Å²) in [5.41, 5.74) is 2.59. The summed E-state index contributed by atoms with van der Waals surface area (Å²) < 4.78 is 5.24. The lowest BCUT2D eigenvalue weighted by Gasteiger charge is -2.20. The second kappa shape index (κ2) is 8.25. The summed E-state index contributed by atoms with van der Waals surface area (Å²) in [6.07, 6.45) is 4.64. The van der Waals surface area contributed by atoms with Gasteiger partial charge in [0.2, 0.25) is 5.91 Å². The minimum atomic E-state index is -0.175. The number of amides is 2. The van der Waals surface area contributed by atoms with Crippen molar-refractivity contribution in [3.63, 3.8) is 0 Å². The molecule has 0 spiro atoms. The first-order valence-electron chi connectivity index (χ1n) is 9.73. The maximum Gasteiger partial charge on any atom is 0.253 e. The molecule has 0 bridgehead atoms. The fraction of sp³-hybridized carbons (Fsp3) is 0.318. The summed E-state index contributed by atoms with van der Waals surface area (Å²) >= 11 is 0. The van der Waals surface area contributed by atoms with E-state index >= 15 is 0 Å². The normalized spacial score (nSPS) is 14.6. The summed E-state index contributed by atoms with van der Waals surface area (Å²) in [7, 11) is 0. The number of hydrogen-bond acceptors (Lipinski definition) is 4. The van der Waals surface area contributed by atoms with Gasteiger partial charge in [-0.1, -0.05) is 30.1 Å². The number of para-hydroxylation sites is 1. The van der Waals surface area contributed by atoms with Crippen molar-refractivity contribution in [3.8, 4) is 0 Å². The number of nitrogens with zero attached hydrogens (tertiary/aromatic N) is 2. The largest absolute Gasteiger partial charge is 0.356 e. The molecule has 0 saturated carbocycles. The van der Waals surface area contributed by atoms with Gasteiger partial charge in [0, 0.05) is 29.7 Å². The summed E-state index contributed by atoms with van der Waals surface area (Å²) in [4.78, 5) is 26.9. The van der Waals surface area contributed by atoms with Crippen LogP contribution in [0.2, 0.25) is 0 Å². The van der Waals surface area contributed by atoms with Gasteiger partial charge in [0.25, 0.3) is 5.91 Å². The van der Waals surface area contributed by atoms with E-state index in [1.54, 1.807) is 24.3 Å². The van der Waals surface area contributed by atoms with E-state index in [0.29, 0.717) is 22.5 Å². The summed E-state index contributed by atoms with van der Waals surface area (Å²) in [6, 6.07) is 14.5. The second-order valence-electron chi connectivity index (χ2n) is 7.13. The number of carbonyl (C=O) groups excluding carboxylic acids is 2. The van der Waals surface area contributed by atoms with Crippen molar-refractivity contribution in [2.24, 2.45) is 0 Å². The zero-order valence-electron chi connectivity index (χ0n) is 15.7. The molecule has 4 rings (SSSR count). The smallest absolute Gasteiger partial charge is 0.253 e. The van der Waals surface area contributed by atoms with Crippen LogP contribution < -0.4 is 5.32 Å². The fourth-order valence-electron chi connectivity index (χ4n) is 3.58. The lowest BCUT2D eigenvalue weighted by Crippen LogP contribution is -2.31. The minimum absolute atomic E-state index is 0.0637. The molecule has 0 atom stereocenters. The van der Waals surface area contributed by atoms with Gasteiger partial charge in [-0.3, -0.25) is 9.59 Å². The zero-order chi connectivity index (χ0) is 19.3. The Kier molecular flexibility index (Phi) is 5.37. The molecule has 2 aromatic carbocycles. The van der Waals surface area contributed by atoms with Gasteiger partial charge >= 0.3 is 0 Å². The molecule has 0 radical (unpaired) electrons. The molecule has 1 saturated heterocycles. The van der Waals surface area contributed by atoms with Crippen molar-refractivity contribution < 1.29 is 14.1 Å². The number of carbonyl (C=O) groups is 2. The maximum absolute atomic E-state index is 12.6. The number of rotatable bonds is 4. The first-order chi connectivity index (χ1) is 13.7. The highest BCUT2D eigenvalue weighted by molar-refractivity contribution is 5.97. The Morgan fingerprint density at radius 1 is 0.964 bits per heavy atom. The molecule has 1 aliphatic rings. The number of likely N-dealkylation sites (tertiary alicyclic amines) is 1. The number of anilines is 1. The first kappa shape index (κ1) is 18.2. The minimum Gasteiger partial charge on any atom is -0.356 e. The highest BCUT2D eigenvalue weighted by Gasteiger charge is 2.17. The predicted molar refractivity (Wildman–Crippen MR) is 107 cm³/mol. The van der Waals surface area contributed by atoms with Crippen molar-refractivity contribution in [2.75, 3.05) is 18.4 Å². The third kappa shape index (κ3) is 4.06. The first-order valence-corrected chi connectivity index (χ1v) is 9.73. The number of benzene rings is 2. The lowest BCUT2D eigenvalue weighted by molar-refractivity contribution is -0.115. The fourth-order valence-corrected chi connectivity index (χ4v) is 3.58. The quantitative estimate of drug-likeness (QED) is 0.745. The molecule has 3 aromatic rings. The van der Waals surface area contributed by atoms with Crippen LogP contribution in [0.1, 0.15) is 41.7 Å². The molecular weight excluding hydrogens is 354 g/mol. The lowest BCUT2D eigenvalue weighted by atomic mass is 10.1. The average molecular weight is 377 g/mol. The van der Waals surface area contributed by atoms with Crippen molar-refractivity contribution in [3.05, 3.63) is 59.8 Å². The van der Waals surface area contributed by atoms with Gasteiger partial charge in [-0.15, -0.1) is 0 Å². The van der Waals surface area contributed by atoms with Crippen LogP contribution in [-0.4, -0.2) is 35.0 Å². The number of hydrogen-bond donors (Lipinski definition) is 1. The van der Waals surface area contributed by atoms with E-state index in [4.69, 9.17) is 4.52 Å². The Bertz CT molecular complexity index is 970. The Morgan fingerprint density at radius 2 is 1.68 bits per heavy atom. The van der Waals surface area contributed by atoms with Crippen LogP contribution in [0.25, 0.3) is 11.0 Å². The molecule has 1 N–H and O–H groups in total. The van der Waals surface area contributed by atoms with Crippen molar-refractivity contribution in [1.82, 2.24) is 10.1 Å². The van der Waals surface area contributed by atoms with E-state index in [0.717, 1.165) is 31.3 Å². The molecule has 6 nitrogen and oxygen atoms in total. The summed E-state index contributed by atoms with van der Waals surface area (Å²) in [5.74, 6) is -0.112. The van der Waals surface area contributed by atoms with Crippen LogP contribution >= 0.6 is 0 Å². The van der Waals surface area contributed by atoms with Gasteiger partial charge in [-0.25, -0.2) is 0 Å². The number of fused-ring (bicyclic) bond motifs is 1. The van der Waals surface area contributed by atoms with Gasteiger partial charge in [-0.05, 0) is 49.2 Å². The highest BCUT2D eigenvalue weighted by atomic mass is 16.5. The summed E-state index contributed by atoms with van der Waals surface area (Å²) in [5, 5.41) is 7.69. The monoisotopic (exact) mass is 377 g/mol. The maximum atomic E-state index is 12.6. The molecule has 2 amide bonds. The van der Waals surface area contributed by atoms with E-state index in [2.05, 4.69) is 10.5 Å². The molecule has 6 heteroatoms. The molecule has 0 aliphatic carbocycles. The highest BCUT2D eigenvalue weighted by Crippen LogP contribution is 2.19. The molecule has 144 valence electrons. The van der Waals surface area contributed by atoms with E-state index < -0.39 is 0 Å². The zero-order valence-corrected chi connectivity index (χ0v) is 15.7. The van der Waals surface area contributed by atoms with Gasteiger partial charge in [0.1, 0.15) is 5.69 Å². The van der Waals surface area contributed by atoms with Gasteiger partial charge in [0.05, 0.1) is 6.42 Å². The Morgan fingerprint density at radius 3 is 2.43 bits per heavy atom. The van der Waals surface area contributed by atoms with E-state index in [1.807, 2.05) is 29.2 Å². The molecule has 0 unspecified atom stereocenters. The topological polar surface area (TPSA) is 75.4 Å². The van der Waals surface area contributed by atoms with Gasteiger partial charge in [-0.2, -0.15) is 0 Å². The third-order valence-electron chi connectivity index (χ3n) is 5.09. The van der Waals surface area contributed by atoms with E-state index in [1.165, 1.54) is 12.8 Å². The Hall–Kier alpha value is -3.15. The third-order valence-corrected chi connectivity index (χ3v) is 5.09. The van der Waals surface area contributed by atoms with Crippen LogP contribution in [0, 0.1) is 0 Å². The van der Waals surface area contributed by atoms with Gasteiger partial charge < -0.3 is 14.7 Å². The van der Waals surface area contributed by atoms with Crippen LogP contribution in [0.5, 0.6) is 0 Å². The molecule has 2 heterocycles. The second-order valence-corrected chi connectivity index (χ2v) is 7.13. The number of nitrogens with one attached hydrogen (secondary N) is 1. The van der Waals surface area contributed by atoms with Crippen LogP contribution in [-0.2, 0) is 11.2 Å². The SMILES string of the molecule is O=C(Cc1noc2ccccc12)Nc1ccc(C(=O)N2CCCCCC2)cc1. The predicted octanol–water partition coefficient (Wildman–Crippen LogP) is 4.03. The number of aromatic nitrogens is 1. The van der Waals surface area contributed by atoms with Crippen molar-refractivity contribution in [2.45, 2.75) is 32.1 Å². The van der Waals surface area contributed by atoms with Crippen LogP contribution in [0.15, 0.2) is 53.1 Å². The molecule has 1 aliphatic heterocycles. The Labute approximate surface area is 163 Å². The molecule has 28 heavy (non-hydrogen) atoms. The molecule has 1 aromatic heterocycles. The van der Waals surface area contributed by atoms with Gasteiger partial charge in [0.15, 0.2) is 5.58 Å². The van der Waals surface area contributed by atoms with E-state index in [9.17, 15) is 9.59 Å². The average Bonchev–Trinajstić information content (AvgIpc) is 2.93. The standard InChI is InChI=1S/C22H23N3O3/c26-21(15-19-18-7-3-4-8-20(18)28-24-19)23-17-11-9-16(10-12-17)22(27)25-13-5-1-2-6-14-25/h3-4,7-12H,1-2,5-6,13-15H2,(H,23,26). The van der Waals surface area contributed by atoms with Crippen LogP contribution in [0.4, 0.5) is 5.69 Å². The van der Waals surface area contributed by atoms with E-state index in [-0.39, 0.29) is 18.2 Å². The molecular formula is C22H23N3O3. The summed E-state index contributed by atoms with van der Waals surface area (Å²) in [6.45, 7) is 1.64. The Balaban J connectivity index is 1.38. The molecule has 1 fully saturated rings. The van der Waals surface area contributed by atoms with Crippen molar-refractivity contribution >= 4 is 28.5 Å².